The highest BCUT2D eigenvalue weighted by Gasteiger charge is 2.36. The number of hydrogen-bond donors (Lipinski definition) is 4. The van der Waals surface area contributed by atoms with E-state index >= 15 is 0 Å². The summed E-state index contributed by atoms with van der Waals surface area (Å²) in [7, 11) is 0. The first-order chi connectivity index (χ1) is 14.1. The zero-order valence-corrected chi connectivity index (χ0v) is 16.8. The van der Waals surface area contributed by atoms with Crippen molar-refractivity contribution in [2.24, 2.45) is 16.3 Å². The Bertz CT molecular complexity index is 1060. The molecule has 158 valence electrons. The highest BCUT2D eigenvalue weighted by molar-refractivity contribution is 6.07. The third-order valence-electron chi connectivity index (χ3n) is 4.71. The fraction of sp³-hybridized carbons (Fsp3) is 0.300. The van der Waals surface area contributed by atoms with Crippen molar-refractivity contribution in [3.63, 3.8) is 0 Å². The molecule has 9 nitrogen and oxygen atoms in total. The monoisotopic (exact) mass is 415 g/mol. The average Bonchev–Trinajstić information content (AvgIpc) is 2.99. The first-order valence-electron chi connectivity index (χ1n) is 9.19. The fourth-order valence-electron chi connectivity index (χ4n) is 3.43. The lowest BCUT2D eigenvalue weighted by molar-refractivity contribution is 0.0826. The van der Waals surface area contributed by atoms with Crippen LogP contribution in [-0.2, 0) is 6.42 Å². The predicted molar refractivity (Wildman–Crippen MR) is 106 cm³/mol. The number of halogens is 1. The van der Waals surface area contributed by atoms with Crippen LogP contribution in [0.25, 0.3) is 0 Å². The van der Waals surface area contributed by atoms with Gasteiger partial charge in [0.05, 0.1) is 11.3 Å². The summed E-state index contributed by atoms with van der Waals surface area (Å²) in [6, 6.07) is 4.60. The zero-order valence-electron chi connectivity index (χ0n) is 16.8. The number of hydrazine groups is 1. The Balaban J connectivity index is 1.83. The van der Waals surface area contributed by atoms with Gasteiger partial charge in [0, 0.05) is 17.5 Å². The Morgan fingerprint density at radius 2 is 1.80 bits per heavy atom. The summed E-state index contributed by atoms with van der Waals surface area (Å²) in [5.74, 6) is -1.69. The molecule has 0 saturated heterocycles. The fourth-order valence-corrected chi connectivity index (χ4v) is 3.43. The molecule has 5 N–H and O–H groups in total. The Kier molecular flexibility index (Phi) is 5.59. The van der Waals surface area contributed by atoms with Gasteiger partial charge in [0.25, 0.3) is 5.91 Å². The van der Waals surface area contributed by atoms with E-state index in [-0.39, 0.29) is 16.7 Å². The van der Waals surface area contributed by atoms with Crippen LogP contribution in [0.2, 0.25) is 0 Å². The second-order valence-electron chi connectivity index (χ2n) is 7.79. The van der Waals surface area contributed by atoms with Crippen molar-refractivity contribution >= 4 is 23.6 Å². The third-order valence-corrected chi connectivity index (χ3v) is 4.71. The van der Waals surface area contributed by atoms with E-state index in [9.17, 15) is 18.8 Å². The largest absolute Gasteiger partial charge is 0.455 e. The van der Waals surface area contributed by atoms with E-state index in [0.29, 0.717) is 35.4 Å². The Labute approximate surface area is 171 Å². The number of primary amides is 1. The molecule has 10 heteroatoms. The van der Waals surface area contributed by atoms with Crippen LogP contribution in [0.4, 0.5) is 9.18 Å². The molecule has 0 radical (unpaired) electrons. The van der Waals surface area contributed by atoms with Crippen LogP contribution < -0.4 is 22.0 Å². The molecular weight excluding hydrogens is 393 g/mol. The second-order valence-corrected chi connectivity index (χ2v) is 7.79. The number of nitrogens with zero attached hydrogens (tertiary/aromatic N) is 1. The summed E-state index contributed by atoms with van der Waals surface area (Å²) in [6.07, 6.45) is 1.08. The summed E-state index contributed by atoms with van der Waals surface area (Å²) >= 11 is 0. The van der Waals surface area contributed by atoms with Gasteiger partial charge in [0.15, 0.2) is 5.76 Å². The predicted octanol–water partition coefficient (Wildman–Crippen LogP) is 2.15. The highest BCUT2D eigenvalue weighted by atomic mass is 19.1. The maximum atomic E-state index is 13.7. The lowest BCUT2D eigenvalue weighted by Gasteiger charge is -2.29. The summed E-state index contributed by atoms with van der Waals surface area (Å²) in [6.45, 7) is 5.68. The summed E-state index contributed by atoms with van der Waals surface area (Å²) in [4.78, 5) is 35.7. The molecule has 1 aromatic carbocycles. The number of furan rings is 1. The van der Waals surface area contributed by atoms with E-state index in [1.807, 2.05) is 13.8 Å². The minimum Gasteiger partial charge on any atom is -0.455 e. The molecule has 30 heavy (non-hydrogen) atoms. The van der Waals surface area contributed by atoms with Crippen LogP contribution in [0.1, 0.15) is 58.1 Å². The molecule has 1 aliphatic carbocycles. The summed E-state index contributed by atoms with van der Waals surface area (Å²) in [5.41, 5.74) is 13.0. The van der Waals surface area contributed by atoms with Gasteiger partial charge in [-0.1, -0.05) is 26.0 Å². The Morgan fingerprint density at radius 1 is 1.13 bits per heavy atom. The zero-order chi connectivity index (χ0) is 22.1. The molecule has 4 amide bonds. The lowest BCUT2D eigenvalue weighted by Crippen LogP contribution is -2.42. The van der Waals surface area contributed by atoms with E-state index in [4.69, 9.17) is 10.2 Å². The standard InChI is InChI=1S/C20H22FN5O4/c1-10-15-13(23-26-19(22)29)8-20(2,3)9-14(15)30-16(10)18(28)25-24-17(27)11-6-4-5-7-12(11)21/h4-7H,8-9H2,1-3H3,(H,24,27)(H,25,28)(H3,22,26,29)/b23-13-. The first-order valence-corrected chi connectivity index (χ1v) is 9.19. The van der Waals surface area contributed by atoms with E-state index in [1.54, 1.807) is 6.92 Å². The number of fused-ring (bicyclic) bond motifs is 1. The van der Waals surface area contributed by atoms with Crippen LogP contribution >= 0.6 is 0 Å². The average molecular weight is 415 g/mol. The van der Waals surface area contributed by atoms with Gasteiger partial charge >= 0.3 is 11.9 Å². The number of rotatable bonds is 3. The normalized spacial score (nSPS) is 15.9. The van der Waals surface area contributed by atoms with Crippen LogP contribution in [0, 0.1) is 18.2 Å². The quantitative estimate of drug-likeness (QED) is 0.570. The SMILES string of the molecule is Cc1c(C(=O)NNC(=O)c2ccccc2F)oc2c1/C(=N\NC(N)=O)CC(C)(C)C2. The molecule has 3 rings (SSSR count). The summed E-state index contributed by atoms with van der Waals surface area (Å²) < 4.78 is 19.5. The summed E-state index contributed by atoms with van der Waals surface area (Å²) in [5, 5.41) is 4.07. The minimum absolute atomic E-state index is 0.0155. The van der Waals surface area contributed by atoms with Crippen molar-refractivity contribution < 1.29 is 23.2 Å². The van der Waals surface area contributed by atoms with Crippen molar-refractivity contribution in [2.45, 2.75) is 33.6 Å². The molecule has 0 unspecified atom stereocenters. The van der Waals surface area contributed by atoms with Gasteiger partial charge in [-0.05, 0) is 30.9 Å². The van der Waals surface area contributed by atoms with Crippen molar-refractivity contribution in [1.82, 2.24) is 16.3 Å². The third kappa shape index (κ3) is 4.32. The van der Waals surface area contributed by atoms with E-state index in [0.717, 1.165) is 6.07 Å². The first kappa shape index (κ1) is 21.0. The maximum Gasteiger partial charge on any atom is 0.332 e. The molecule has 0 bridgehead atoms. The molecule has 2 aromatic rings. The number of carbonyl (C=O) groups excluding carboxylic acids is 3. The highest BCUT2D eigenvalue weighted by Crippen LogP contribution is 2.38. The number of hydrogen-bond acceptors (Lipinski definition) is 5. The smallest absolute Gasteiger partial charge is 0.332 e. The number of nitrogens with two attached hydrogens (primary N) is 1. The van der Waals surface area contributed by atoms with Gasteiger partial charge < -0.3 is 10.2 Å². The molecule has 1 heterocycles. The minimum atomic E-state index is -0.803. The number of carbonyl (C=O) groups is 3. The van der Waals surface area contributed by atoms with Crippen LogP contribution in [0.5, 0.6) is 0 Å². The molecule has 1 aromatic heterocycles. The Hall–Kier alpha value is -3.69. The second kappa shape index (κ2) is 7.97. The molecular formula is C20H22FN5O4. The number of nitrogens with one attached hydrogen (secondary N) is 3. The van der Waals surface area contributed by atoms with Crippen molar-refractivity contribution in [3.8, 4) is 0 Å². The lowest BCUT2D eigenvalue weighted by atomic mass is 9.75. The van der Waals surface area contributed by atoms with Crippen LogP contribution in [-0.4, -0.2) is 23.6 Å². The number of hydrazone groups is 1. The maximum absolute atomic E-state index is 13.7. The molecule has 0 spiro atoms. The molecule has 0 fully saturated rings. The molecule has 0 atom stereocenters. The van der Waals surface area contributed by atoms with E-state index in [2.05, 4.69) is 21.4 Å². The molecule has 1 aliphatic rings. The van der Waals surface area contributed by atoms with Gasteiger partial charge in [-0.25, -0.2) is 14.6 Å². The Morgan fingerprint density at radius 3 is 2.47 bits per heavy atom. The van der Waals surface area contributed by atoms with E-state index < -0.39 is 23.7 Å². The van der Waals surface area contributed by atoms with Gasteiger partial charge in [-0.2, -0.15) is 5.10 Å². The van der Waals surface area contributed by atoms with Gasteiger partial charge in [-0.3, -0.25) is 20.4 Å². The molecule has 0 saturated carbocycles. The van der Waals surface area contributed by atoms with Crippen LogP contribution in [0.15, 0.2) is 33.8 Å². The molecule has 0 aliphatic heterocycles. The van der Waals surface area contributed by atoms with Gasteiger partial charge in [0.2, 0.25) is 0 Å². The van der Waals surface area contributed by atoms with Crippen molar-refractivity contribution in [2.75, 3.05) is 0 Å². The van der Waals surface area contributed by atoms with Crippen molar-refractivity contribution in [3.05, 3.63) is 58.3 Å². The number of amides is 4. The van der Waals surface area contributed by atoms with Crippen molar-refractivity contribution in [1.29, 1.82) is 0 Å². The number of benzene rings is 1. The topological polar surface area (TPSA) is 139 Å². The van der Waals surface area contributed by atoms with E-state index in [1.165, 1.54) is 18.2 Å². The van der Waals surface area contributed by atoms with Gasteiger partial charge in [0.1, 0.15) is 11.6 Å². The van der Waals surface area contributed by atoms with Gasteiger partial charge in [-0.15, -0.1) is 0 Å². The van der Waals surface area contributed by atoms with Crippen LogP contribution in [0.3, 0.4) is 0 Å². The number of urea groups is 1.